The summed E-state index contributed by atoms with van der Waals surface area (Å²) >= 11 is 2.40. The van der Waals surface area contributed by atoms with Crippen molar-refractivity contribution in [1.29, 1.82) is 0 Å². The highest BCUT2D eigenvalue weighted by molar-refractivity contribution is 14.1. The van der Waals surface area contributed by atoms with E-state index in [-0.39, 0.29) is 0 Å². The molecule has 88 valence electrons. The average Bonchev–Trinajstić information content (AvgIpc) is 2.38. The third-order valence-corrected chi connectivity index (χ3v) is 3.75. The first-order valence-corrected chi connectivity index (χ1v) is 6.92. The van der Waals surface area contributed by atoms with Gasteiger partial charge in [-0.2, -0.15) is 0 Å². The van der Waals surface area contributed by atoms with Gasteiger partial charge in [-0.25, -0.2) is 0 Å². The highest BCUT2D eigenvalue weighted by Crippen LogP contribution is 2.11. The van der Waals surface area contributed by atoms with Gasteiger partial charge in [0, 0.05) is 10.1 Å². The maximum Gasteiger partial charge on any atom is 0.0205 e. The monoisotopic (exact) mass is 337 g/mol. The van der Waals surface area contributed by atoms with Crippen LogP contribution in [0.2, 0.25) is 0 Å². The number of benzene rings is 2. The van der Waals surface area contributed by atoms with Gasteiger partial charge in [-0.3, -0.25) is 0 Å². The molecule has 2 heteroatoms. The van der Waals surface area contributed by atoms with Crippen LogP contribution < -0.4 is 5.32 Å². The van der Waals surface area contributed by atoms with Gasteiger partial charge in [0.05, 0.1) is 0 Å². The topological polar surface area (TPSA) is 12.0 Å². The fourth-order valence-corrected chi connectivity index (χ4v) is 2.41. The molecule has 0 spiro atoms. The normalized spacial score (nSPS) is 10.4. The Morgan fingerprint density at radius 3 is 2.35 bits per heavy atom. The lowest BCUT2D eigenvalue weighted by atomic mass is 10.1. The molecule has 0 saturated heterocycles. The summed E-state index contributed by atoms with van der Waals surface area (Å²) in [5.74, 6) is 0. The lowest BCUT2D eigenvalue weighted by Gasteiger charge is -2.06. The van der Waals surface area contributed by atoms with Gasteiger partial charge < -0.3 is 5.32 Å². The van der Waals surface area contributed by atoms with Crippen molar-refractivity contribution >= 4 is 22.6 Å². The standard InChI is InChI=1S/C15H16IN/c16-15-9-5-4-8-14(15)10-11-17-12-13-6-2-1-3-7-13/h1-9,17H,10-12H2. The number of nitrogens with one attached hydrogen (secondary N) is 1. The number of halogens is 1. The van der Waals surface area contributed by atoms with Crippen molar-refractivity contribution in [2.75, 3.05) is 6.54 Å². The van der Waals surface area contributed by atoms with Gasteiger partial charge in [-0.1, -0.05) is 48.5 Å². The lowest BCUT2D eigenvalue weighted by molar-refractivity contribution is 0.686. The van der Waals surface area contributed by atoms with Crippen molar-refractivity contribution in [2.45, 2.75) is 13.0 Å². The predicted molar refractivity (Wildman–Crippen MR) is 81.0 cm³/mol. The lowest BCUT2D eigenvalue weighted by Crippen LogP contribution is -2.16. The molecule has 1 N–H and O–H groups in total. The molecule has 0 bridgehead atoms. The predicted octanol–water partition coefficient (Wildman–Crippen LogP) is 3.62. The largest absolute Gasteiger partial charge is 0.312 e. The quantitative estimate of drug-likeness (QED) is 0.649. The molecule has 17 heavy (non-hydrogen) atoms. The molecule has 0 fully saturated rings. The van der Waals surface area contributed by atoms with Crippen molar-refractivity contribution in [3.05, 3.63) is 69.3 Å². The van der Waals surface area contributed by atoms with Gasteiger partial charge in [0.15, 0.2) is 0 Å². The molecule has 1 nitrogen and oxygen atoms in total. The van der Waals surface area contributed by atoms with Crippen molar-refractivity contribution in [3.63, 3.8) is 0 Å². The van der Waals surface area contributed by atoms with E-state index in [1.54, 1.807) is 0 Å². The minimum atomic E-state index is 0.949. The van der Waals surface area contributed by atoms with Crippen LogP contribution in [0.15, 0.2) is 54.6 Å². The summed E-state index contributed by atoms with van der Waals surface area (Å²) in [6.45, 7) is 1.97. The number of hydrogen-bond acceptors (Lipinski definition) is 1. The first-order valence-electron chi connectivity index (χ1n) is 5.84. The van der Waals surface area contributed by atoms with Gasteiger partial charge in [-0.05, 0) is 52.7 Å². The van der Waals surface area contributed by atoms with E-state index in [2.05, 4.69) is 82.5 Å². The number of hydrogen-bond donors (Lipinski definition) is 1. The van der Waals surface area contributed by atoms with E-state index in [9.17, 15) is 0 Å². The molecular weight excluding hydrogens is 321 g/mol. The first-order chi connectivity index (χ1) is 8.36. The molecule has 0 aliphatic rings. The van der Waals surface area contributed by atoms with Gasteiger partial charge in [-0.15, -0.1) is 0 Å². The molecule has 0 aliphatic carbocycles. The second kappa shape index (κ2) is 6.77. The maximum atomic E-state index is 3.47. The van der Waals surface area contributed by atoms with Crippen molar-refractivity contribution in [3.8, 4) is 0 Å². The second-order valence-corrected chi connectivity index (χ2v) is 5.17. The molecule has 0 amide bonds. The Morgan fingerprint density at radius 2 is 1.59 bits per heavy atom. The highest BCUT2D eigenvalue weighted by Gasteiger charge is 1.97. The highest BCUT2D eigenvalue weighted by atomic mass is 127. The van der Waals surface area contributed by atoms with Gasteiger partial charge in [0.25, 0.3) is 0 Å². The molecule has 2 aromatic rings. The van der Waals surface area contributed by atoms with Crippen LogP contribution in [0.3, 0.4) is 0 Å². The zero-order chi connectivity index (χ0) is 11.9. The van der Waals surface area contributed by atoms with E-state index in [0.29, 0.717) is 0 Å². The Bertz CT molecular complexity index is 453. The summed E-state index contributed by atoms with van der Waals surface area (Å²) in [6.07, 6.45) is 1.09. The van der Waals surface area contributed by atoms with E-state index in [0.717, 1.165) is 19.5 Å². The van der Waals surface area contributed by atoms with E-state index >= 15 is 0 Å². The summed E-state index contributed by atoms with van der Waals surface area (Å²) < 4.78 is 1.35. The zero-order valence-electron chi connectivity index (χ0n) is 9.70. The fourth-order valence-electron chi connectivity index (χ4n) is 1.75. The van der Waals surface area contributed by atoms with Gasteiger partial charge >= 0.3 is 0 Å². The first kappa shape index (κ1) is 12.6. The molecule has 0 aliphatic heterocycles. The molecular formula is C15H16IN. The molecule has 0 atom stereocenters. The molecule has 2 rings (SSSR count). The zero-order valence-corrected chi connectivity index (χ0v) is 11.9. The molecule has 0 unspecified atom stereocenters. The Hall–Kier alpha value is -0.870. The van der Waals surface area contributed by atoms with Gasteiger partial charge in [0.2, 0.25) is 0 Å². The van der Waals surface area contributed by atoms with Crippen LogP contribution in [0.1, 0.15) is 11.1 Å². The molecule has 0 saturated carbocycles. The van der Waals surface area contributed by atoms with E-state index < -0.39 is 0 Å². The van der Waals surface area contributed by atoms with Crippen LogP contribution in [0.4, 0.5) is 0 Å². The van der Waals surface area contributed by atoms with Crippen molar-refractivity contribution in [1.82, 2.24) is 5.32 Å². The van der Waals surface area contributed by atoms with Crippen LogP contribution in [0.5, 0.6) is 0 Å². The second-order valence-electron chi connectivity index (χ2n) is 4.00. The Balaban J connectivity index is 1.76. The van der Waals surface area contributed by atoms with Crippen LogP contribution >= 0.6 is 22.6 Å². The molecule has 0 aromatic heterocycles. The summed E-state index contributed by atoms with van der Waals surface area (Å²) in [5, 5.41) is 3.47. The maximum absolute atomic E-state index is 3.47. The third-order valence-electron chi connectivity index (χ3n) is 2.70. The third kappa shape index (κ3) is 4.13. The Morgan fingerprint density at radius 1 is 0.882 bits per heavy atom. The van der Waals surface area contributed by atoms with Crippen molar-refractivity contribution < 1.29 is 0 Å². The Labute approximate surface area is 116 Å². The Kier molecular flexibility index (Phi) is 5.01. The van der Waals surface area contributed by atoms with Crippen LogP contribution in [-0.4, -0.2) is 6.54 Å². The summed E-state index contributed by atoms with van der Waals surface area (Å²) in [6, 6.07) is 19.1. The van der Waals surface area contributed by atoms with Crippen LogP contribution in [0, 0.1) is 3.57 Å². The van der Waals surface area contributed by atoms with E-state index in [1.165, 1.54) is 14.7 Å². The minimum Gasteiger partial charge on any atom is -0.312 e. The molecule has 2 aromatic carbocycles. The smallest absolute Gasteiger partial charge is 0.0205 e. The molecule has 0 heterocycles. The fraction of sp³-hybridized carbons (Fsp3) is 0.200. The van der Waals surface area contributed by atoms with Crippen LogP contribution in [0.25, 0.3) is 0 Å². The van der Waals surface area contributed by atoms with E-state index in [1.807, 2.05) is 0 Å². The van der Waals surface area contributed by atoms with Gasteiger partial charge in [0.1, 0.15) is 0 Å². The van der Waals surface area contributed by atoms with E-state index in [4.69, 9.17) is 0 Å². The summed E-state index contributed by atoms with van der Waals surface area (Å²) in [4.78, 5) is 0. The minimum absolute atomic E-state index is 0.949. The average molecular weight is 337 g/mol. The summed E-state index contributed by atoms with van der Waals surface area (Å²) in [7, 11) is 0. The molecule has 0 radical (unpaired) electrons. The van der Waals surface area contributed by atoms with Crippen molar-refractivity contribution in [2.24, 2.45) is 0 Å². The number of rotatable bonds is 5. The SMILES string of the molecule is Ic1ccccc1CCNCc1ccccc1. The van der Waals surface area contributed by atoms with Crippen LogP contribution in [-0.2, 0) is 13.0 Å². The summed E-state index contributed by atoms with van der Waals surface area (Å²) in [5.41, 5.74) is 2.77.